The van der Waals surface area contributed by atoms with E-state index in [9.17, 15) is 4.79 Å². The molecule has 0 aromatic heterocycles. The van der Waals surface area contributed by atoms with Gasteiger partial charge in [0.2, 0.25) is 5.91 Å². The maximum absolute atomic E-state index is 13.3. The number of carbonyl (C=O) groups excluding carboxylic acids is 1. The number of carbonyl (C=O) groups is 1. The third-order valence-corrected chi connectivity index (χ3v) is 8.93. The van der Waals surface area contributed by atoms with Crippen molar-refractivity contribution in [3.63, 3.8) is 0 Å². The van der Waals surface area contributed by atoms with Crippen molar-refractivity contribution in [1.29, 1.82) is 0 Å². The highest BCUT2D eigenvalue weighted by Crippen LogP contribution is 2.40. The molecule has 0 aliphatic rings. The van der Waals surface area contributed by atoms with Crippen LogP contribution in [0.1, 0.15) is 180 Å². The first-order chi connectivity index (χ1) is 20.4. The summed E-state index contributed by atoms with van der Waals surface area (Å²) in [5, 5.41) is 3.27. The molecule has 1 radical (unpaired) electrons. The van der Waals surface area contributed by atoms with E-state index in [0.717, 1.165) is 57.2 Å². The van der Waals surface area contributed by atoms with E-state index in [1.54, 1.807) is 0 Å². The van der Waals surface area contributed by atoms with Crippen molar-refractivity contribution in [3.8, 4) is 0 Å². The summed E-state index contributed by atoms with van der Waals surface area (Å²) < 4.78 is 5.78. The number of hydrogen-bond donors (Lipinski definition) is 2. The van der Waals surface area contributed by atoms with Gasteiger partial charge in [0.25, 0.3) is 7.48 Å². The molecule has 0 aliphatic carbocycles. The van der Waals surface area contributed by atoms with Crippen LogP contribution >= 0.6 is 12.6 Å². The maximum atomic E-state index is 13.3. The largest absolute Gasteiger partial charge is 0.434 e. The number of benzene rings is 1. The van der Waals surface area contributed by atoms with Crippen LogP contribution in [0, 0.1) is 11.3 Å². The van der Waals surface area contributed by atoms with E-state index in [-0.39, 0.29) is 27.2 Å². The van der Waals surface area contributed by atoms with Gasteiger partial charge in [0.05, 0.1) is 5.60 Å². The summed E-state index contributed by atoms with van der Waals surface area (Å²) in [5.41, 5.74) is 0.639. The van der Waals surface area contributed by atoms with Crippen LogP contribution in [0.4, 0.5) is 0 Å². The summed E-state index contributed by atoms with van der Waals surface area (Å²) in [6.07, 6.45) is 10.9. The van der Waals surface area contributed by atoms with Gasteiger partial charge in [-0.1, -0.05) is 131 Å². The van der Waals surface area contributed by atoms with E-state index in [0.29, 0.717) is 5.92 Å². The highest BCUT2D eigenvalue weighted by molar-refractivity contribution is 7.81. The zero-order valence-electron chi connectivity index (χ0n) is 32.5. The molecule has 1 aromatic rings. The van der Waals surface area contributed by atoms with Crippen LogP contribution in [-0.2, 0) is 9.45 Å². The molecule has 0 saturated carbocycles. The summed E-state index contributed by atoms with van der Waals surface area (Å²) in [7, 11) is 1.93. The second-order valence-electron chi connectivity index (χ2n) is 14.1. The topological polar surface area (TPSA) is 38.3 Å². The fourth-order valence-electron chi connectivity index (χ4n) is 4.98. The van der Waals surface area contributed by atoms with Crippen LogP contribution in [0.3, 0.4) is 0 Å². The van der Waals surface area contributed by atoms with E-state index < -0.39 is 0 Å². The molecule has 5 heteroatoms. The SMILES string of the molecule is CC.CC.CCCC(C)c1ccccc1.CCCC(CCC)C(C)(CCCC[B]OC(C)(C)C(C)(C)S)C(=O)NC(C)(C)C. The van der Waals surface area contributed by atoms with E-state index in [1.807, 2.05) is 35.2 Å². The molecule has 1 aromatic carbocycles. The van der Waals surface area contributed by atoms with Crippen LogP contribution in [0.15, 0.2) is 30.3 Å². The van der Waals surface area contributed by atoms with E-state index >= 15 is 0 Å². The second kappa shape index (κ2) is 25.2. The lowest BCUT2D eigenvalue weighted by atomic mass is 9.68. The number of thiol groups is 1. The highest BCUT2D eigenvalue weighted by Gasteiger charge is 2.41. The Morgan fingerprint density at radius 1 is 0.818 bits per heavy atom. The van der Waals surface area contributed by atoms with Gasteiger partial charge >= 0.3 is 0 Å². The Bertz CT molecular complexity index is 795. The Hall–Kier alpha value is -0.935. The van der Waals surface area contributed by atoms with Crippen molar-refractivity contribution in [1.82, 2.24) is 5.32 Å². The van der Waals surface area contributed by atoms with Crippen LogP contribution < -0.4 is 5.32 Å². The molecule has 0 fully saturated rings. The number of hydrogen-bond acceptors (Lipinski definition) is 3. The van der Waals surface area contributed by atoms with Crippen molar-refractivity contribution >= 4 is 26.0 Å². The molecular formula is C39H77BNO2S. The lowest BCUT2D eigenvalue weighted by Crippen LogP contribution is -2.51. The molecule has 259 valence electrons. The lowest BCUT2D eigenvalue weighted by Gasteiger charge is -2.39. The van der Waals surface area contributed by atoms with Gasteiger partial charge in [-0.2, -0.15) is 12.6 Å². The molecule has 0 aliphatic heterocycles. The van der Waals surface area contributed by atoms with Gasteiger partial charge in [0, 0.05) is 15.7 Å². The van der Waals surface area contributed by atoms with Crippen molar-refractivity contribution in [2.24, 2.45) is 11.3 Å². The fraction of sp³-hybridized carbons (Fsp3) is 0.821. The number of rotatable bonds is 17. The molecule has 44 heavy (non-hydrogen) atoms. The van der Waals surface area contributed by atoms with Crippen molar-refractivity contribution in [2.45, 2.75) is 197 Å². The Kier molecular flexibility index (Phi) is 27.2. The molecule has 0 spiro atoms. The third kappa shape index (κ3) is 20.2. The van der Waals surface area contributed by atoms with Gasteiger partial charge in [-0.15, -0.1) is 0 Å². The average molecular weight is 635 g/mol. The van der Waals surface area contributed by atoms with Crippen LogP contribution in [0.2, 0.25) is 6.32 Å². The molecule has 2 atom stereocenters. The first-order valence-corrected chi connectivity index (χ1v) is 18.5. The summed E-state index contributed by atoms with van der Waals surface area (Å²) in [4.78, 5) is 13.3. The summed E-state index contributed by atoms with van der Waals surface area (Å²) >= 11 is 4.65. The number of amides is 1. The summed E-state index contributed by atoms with van der Waals surface area (Å²) in [6.45, 7) is 33.7. The van der Waals surface area contributed by atoms with Gasteiger partial charge in [0.1, 0.15) is 0 Å². The van der Waals surface area contributed by atoms with E-state index in [1.165, 1.54) is 18.4 Å². The predicted octanol–water partition coefficient (Wildman–Crippen LogP) is 12.5. The van der Waals surface area contributed by atoms with Crippen LogP contribution in [-0.4, -0.2) is 29.3 Å². The Morgan fingerprint density at radius 3 is 1.70 bits per heavy atom. The van der Waals surface area contributed by atoms with Gasteiger partial charge in [-0.3, -0.25) is 4.79 Å². The molecule has 1 rings (SSSR count). The van der Waals surface area contributed by atoms with Crippen LogP contribution in [0.25, 0.3) is 0 Å². The molecule has 1 N–H and O–H groups in total. The average Bonchev–Trinajstić information content (AvgIpc) is 2.96. The number of unbranched alkanes of at least 4 members (excludes halogenated alkanes) is 1. The zero-order valence-corrected chi connectivity index (χ0v) is 33.3. The molecule has 0 bridgehead atoms. The quantitative estimate of drug-likeness (QED) is 0.102. The molecule has 1 amide bonds. The Morgan fingerprint density at radius 2 is 1.30 bits per heavy atom. The maximum Gasteiger partial charge on any atom is 0.293 e. The summed E-state index contributed by atoms with van der Waals surface area (Å²) in [5.74, 6) is 1.38. The zero-order chi connectivity index (χ0) is 35.0. The lowest BCUT2D eigenvalue weighted by molar-refractivity contribution is -0.136. The molecule has 0 heterocycles. The van der Waals surface area contributed by atoms with E-state index in [2.05, 4.69) is 131 Å². The van der Waals surface area contributed by atoms with Crippen molar-refractivity contribution < 1.29 is 9.45 Å². The first-order valence-electron chi connectivity index (χ1n) is 18.0. The van der Waals surface area contributed by atoms with Gasteiger partial charge < -0.3 is 9.97 Å². The van der Waals surface area contributed by atoms with Gasteiger partial charge in [0.15, 0.2) is 0 Å². The van der Waals surface area contributed by atoms with Gasteiger partial charge in [-0.25, -0.2) is 0 Å². The standard InChI is InChI=1S/C24H49BNO2S.C11H16.2C2H6/c1-11-15-19(16-12-2)24(10,20(27)26-21(3,4)5)17-13-14-18-25-28-22(6,7)23(8,9)29;1-3-7-10(2)11-8-5-4-6-9-11;2*1-2/h19,29H,11-18H2,1-10H3,(H,26,27);4-6,8-10H,3,7H2,1-2H3;2*1-2H3. The highest BCUT2D eigenvalue weighted by atomic mass is 32.1. The Balaban J connectivity index is -0.000000922. The smallest absolute Gasteiger partial charge is 0.293 e. The minimum atomic E-state index is -0.315. The van der Waals surface area contributed by atoms with Crippen LogP contribution in [0.5, 0.6) is 0 Å². The molecule has 2 unspecified atom stereocenters. The molecular weight excluding hydrogens is 557 g/mol. The van der Waals surface area contributed by atoms with Gasteiger partial charge in [-0.05, 0) is 91.5 Å². The Labute approximate surface area is 283 Å². The third-order valence-electron chi connectivity index (χ3n) is 8.39. The molecule has 3 nitrogen and oxygen atoms in total. The minimum Gasteiger partial charge on any atom is -0.434 e. The minimum absolute atomic E-state index is 0.200. The number of nitrogens with one attached hydrogen (secondary N) is 1. The second-order valence-corrected chi connectivity index (χ2v) is 15.2. The summed E-state index contributed by atoms with van der Waals surface area (Å²) in [6, 6.07) is 10.7. The molecule has 0 saturated heterocycles. The predicted molar refractivity (Wildman–Crippen MR) is 204 cm³/mol. The first kappa shape index (κ1) is 47.5. The van der Waals surface area contributed by atoms with Crippen molar-refractivity contribution in [2.75, 3.05) is 0 Å². The fourth-order valence-corrected chi connectivity index (χ4v) is 5.03. The van der Waals surface area contributed by atoms with Crippen molar-refractivity contribution in [3.05, 3.63) is 35.9 Å². The monoisotopic (exact) mass is 635 g/mol. The normalized spacial score (nSPS) is 13.6. The van der Waals surface area contributed by atoms with E-state index in [4.69, 9.17) is 4.65 Å².